The second kappa shape index (κ2) is 6.70. The van der Waals surface area contributed by atoms with Crippen LogP contribution < -0.4 is 0 Å². The van der Waals surface area contributed by atoms with E-state index in [-0.39, 0.29) is 5.69 Å². The quantitative estimate of drug-likeness (QED) is 0.368. The normalized spacial score (nSPS) is 10.5. The van der Waals surface area contributed by atoms with Crippen molar-refractivity contribution in [2.45, 2.75) is 0 Å². The summed E-state index contributed by atoms with van der Waals surface area (Å²) in [6.45, 7) is 0. The summed E-state index contributed by atoms with van der Waals surface area (Å²) in [5.41, 5.74) is 4.04. The molecule has 0 unspecified atom stereocenters. The molecule has 0 aliphatic rings. The van der Waals surface area contributed by atoms with Crippen molar-refractivity contribution in [2.75, 3.05) is 0 Å². The summed E-state index contributed by atoms with van der Waals surface area (Å²) in [7, 11) is 0. The molecular formula is C22H13N3O2. The first-order valence-electron chi connectivity index (χ1n) is 8.30. The third-order valence-electron chi connectivity index (χ3n) is 4.45. The van der Waals surface area contributed by atoms with Crippen LogP contribution in [0.15, 0.2) is 79.0 Å². The number of hydrogen-bond acceptors (Lipinski definition) is 4. The summed E-state index contributed by atoms with van der Waals surface area (Å²) in [6, 6.07) is 23.8. The number of aromatic nitrogens is 1. The molecule has 27 heavy (non-hydrogen) atoms. The molecule has 0 fully saturated rings. The van der Waals surface area contributed by atoms with E-state index in [1.165, 1.54) is 12.1 Å². The van der Waals surface area contributed by atoms with Crippen molar-refractivity contribution in [3.8, 4) is 28.5 Å². The first kappa shape index (κ1) is 16.4. The van der Waals surface area contributed by atoms with Crippen LogP contribution in [0.5, 0.6) is 0 Å². The van der Waals surface area contributed by atoms with E-state index in [9.17, 15) is 10.1 Å². The SMILES string of the molecule is N#Cc1ccc(-c2ncc3ccccc3c2-c2ccc([N+](=O)[O-])cc2)cc1. The van der Waals surface area contributed by atoms with Gasteiger partial charge in [0, 0.05) is 34.8 Å². The second-order valence-corrected chi connectivity index (χ2v) is 6.06. The zero-order chi connectivity index (χ0) is 18.8. The molecule has 5 nitrogen and oxygen atoms in total. The van der Waals surface area contributed by atoms with Crippen LogP contribution >= 0.6 is 0 Å². The Morgan fingerprint density at radius 1 is 0.889 bits per heavy atom. The fraction of sp³-hybridized carbons (Fsp3) is 0. The lowest BCUT2D eigenvalue weighted by Gasteiger charge is -2.13. The number of benzene rings is 3. The van der Waals surface area contributed by atoms with Crippen molar-refractivity contribution in [1.82, 2.24) is 4.98 Å². The number of nitro groups is 1. The molecule has 0 aliphatic carbocycles. The predicted molar refractivity (Wildman–Crippen MR) is 104 cm³/mol. The molecule has 1 aromatic heterocycles. The Labute approximate surface area is 155 Å². The van der Waals surface area contributed by atoms with Gasteiger partial charge in [0.1, 0.15) is 0 Å². The maximum atomic E-state index is 11.0. The lowest BCUT2D eigenvalue weighted by atomic mass is 9.94. The highest BCUT2D eigenvalue weighted by Gasteiger charge is 2.14. The Balaban J connectivity index is 1.97. The third-order valence-corrected chi connectivity index (χ3v) is 4.45. The molecule has 0 aliphatic heterocycles. The van der Waals surface area contributed by atoms with E-state index in [0.717, 1.165) is 33.2 Å². The van der Waals surface area contributed by atoms with Crippen molar-refractivity contribution >= 4 is 16.5 Å². The molecule has 128 valence electrons. The number of hydrogen-bond donors (Lipinski definition) is 0. The molecular weight excluding hydrogens is 338 g/mol. The van der Waals surface area contributed by atoms with Gasteiger partial charge >= 0.3 is 0 Å². The maximum Gasteiger partial charge on any atom is 0.269 e. The Morgan fingerprint density at radius 2 is 1.56 bits per heavy atom. The van der Waals surface area contributed by atoms with Crippen LogP contribution in [-0.4, -0.2) is 9.91 Å². The maximum absolute atomic E-state index is 11.0. The van der Waals surface area contributed by atoms with Gasteiger partial charge in [-0.2, -0.15) is 5.26 Å². The van der Waals surface area contributed by atoms with Gasteiger partial charge in [-0.25, -0.2) is 0 Å². The van der Waals surface area contributed by atoms with Gasteiger partial charge in [0.05, 0.1) is 22.2 Å². The number of rotatable bonds is 3. The highest BCUT2D eigenvalue weighted by atomic mass is 16.6. The number of fused-ring (bicyclic) bond motifs is 1. The lowest BCUT2D eigenvalue weighted by molar-refractivity contribution is -0.384. The topological polar surface area (TPSA) is 79.8 Å². The molecule has 0 radical (unpaired) electrons. The van der Waals surface area contributed by atoms with E-state index in [0.29, 0.717) is 5.56 Å². The smallest absolute Gasteiger partial charge is 0.258 e. The second-order valence-electron chi connectivity index (χ2n) is 6.06. The molecule has 0 atom stereocenters. The number of pyridine rings is 1. The molecule has 0 spiro atoms. The van der Waals surface area contributed by atoms with E-state index in [4.69, 9.17) is 5.26 Å². The van der Waals surface area contributed by atoms with Crippen molar-refractivity contribution < 1.29 is 4.92 Å². The number of non-ortho nitro benzene ring substituents is 1. The Hall–Kier alpha value is -4.04. The highest BCUT2D eigenvalue weighted by molar-refractivity contribution is 6.02. The van der Waals surface area contributed by atoms with Crippen molar-refractivity contribution in [3.05, 3.63) is 94.7 Å². The summed E-state index contributed by atoms with van der Waals surface area (Å²) < 4.78 is 0. The van der Waals surface area contributed by atoms with Crippen molar-refractivity contribution in [3.63, 3.8) is 0 Å². The molecule has 0 saturated heterocycles. The fourth-order valence-corrected chi connectivity index (χ4v) is 3.13. The predicted octanol–water partition coefficient (Wildman–Crippen LogP) is 5.35. The molecule has 3 aromatic carbocycles. The Bertz CT molecular complexity index is 1190. The van der Waals surface area contributed by atoms with E-state index in [2.05, 4.69) is 11.1 Å². The van der Waals surface area contributed by atoms with Gasteiger partial charge in [0.25, 0.3) is 5.69 Å². The fourth-order valence-electron chi connectivity index (χ4n) is 3.13. The molecule has 0 amide bonds. The summed E-state index contributed by atoms with van der Waals surface area (Å²) in [5.74, 6) is 0. The van der Waals surface area contributed by atoms with Gasteiger partial charge < -0.3 is 0 Å². The zero-order valence-electron chi connectivity index (χ0n) is 14.2. The number of nitrogens with zero attached hydrogens (tertiary/aromatic N) is 3. The molecule has 0 N–H and O–H groups in total. The van der Waals surface area contributed by atoms with Crippen LogP contribution in [0.25, 0.3) is 33.2 Å². The van der Waals surface area contributed by atoms with Crippen LogP contribution in [0.1, 0.15) is 5.56 Å². The zero-order valence-corrected chi connectivity index (χ0v) is 14.2. The summed E-state index contributed by atoms with van der Waals surface area (Å²) >= 11 is 0. The average Bonchev–Trinajstić information content (AvgIpc) is 2.73. The number of nitriles is 1. The van der Waals surface area contributed by atoms with E-state index < -0.39 is 4.92 Å². The van der Waals surface area contributed by atoms with Crippen LogP contribution in [0.4, 0.5) is 5.69 Å². The minimum atomic E-state index is -0.410. The highest BCUT2D eigenvalue weighted by Crippen LogP contribution is 2.37. The van der Waals surface area contributed by atoms with Gasteiger partial charge in [0.15, 0.2) is 0 Å². The molecule has 0 bridgehead atoms. The van der Waals surface area contributed by atoms with Crippen molar-refractivity contribution in [1.29, 1.82) is 5.26 Å². The first-order chi connectivity index (χ1) is 13.2. The third kappa shape index (κ3) is 3.00. The molecule has 4 rings (SSSR count). The van der Waals surface area contributed by atoms with Gasteiger partial charge in [-0.15, -0.1) is 0 Å². The van der Waals surface area contributed by atoms with Gasteiger partial charge in [-0.05, 0) is 35.2 Å². The minimum absolute atomic E-state index is 0.0480. The molecule has 5 heteroatoms. The largest absolute Gasteiger partial charge is 0.269 e. The summed E-state index contributed by atoms with van der Waals surface area (Å²) in [6.07, 6.45) is 1.82. The van der Waals surface area contributed by atoms with E-state index in [1.807, 2.05) is 42.6 Å². The standard InChI is InChI=1S/C22H13N3O2/c23-13-15-5-7-17(8-6-15)22-21(16-9-11-19(12-10-16)25(26)27)20-4-2-1-3-18(20)14-24-22/h1-12,14H. The average molecular weight is 351 g/mol. The molecule has 1 heterocycles. The van der Waals surface area contributed by atoms with Crippen LogP contribution in [-0.2, 0) is 0 Å². The molecule has 4 aromatic rings. The Morgan fingerprint density at radius 3 is 2.22 bits per heavy atom. The van der Waals surface area contributed by atoms with Gasteiger partial charge in [0.2, 0.25) is 0 Å². The number of nitro benzene ring substituents is 1. The summed E-state index contributed by atoms with van der Waals surface area (Å²) in [4.78, 5) is 15.2. The minimum Gasteiger partial charge on any atom is -0.258 e. The van der Waals surface area contributed by atoms with Crippen molar-refractivity contribution in [2.24, 2.45) is 0 Å². The monoisotopic (exact) mass is 351 g/mol. The Kier molecular flexibility index (Phi) is 4.07. The van der Waals surface area contributed by atoms with Crippen LogP contribution in [0.3, 0.4) is 0 Å². The van der Waals surface area contributed by atoms with Gasteiger partial charge in [-0.3, -0.25) is 15.1 Å². The van der Waals surface area contributed by atoms with Crippen LogP contribution in [0, 0.1) is 21.4 Å². The van der Waals surface area contributed by atoms with Gasteiger partial charge in [-0.1, -0.05) is 36.4 Å². The first-order valence-corrected chi connectivity index (χ1v) is 8.30. The van der Waals surface area contributed by atoms with Crippen LogP contribution in [0.2, 0.25) is 0 Å². The van der Waals surface area contributed by atoms with E-state index in [1.54, 1.807) is 24.3 Å². The summed E-state index contributed by atoms with van der Waals surface area (Å²) in [5, 5.41) is 22.0. The lowest BCUT2D eigenvalue weighted by Crippen LogP contribution is -1.93. The molecule has 0 saturated carbocycles. The van der Waals surface area contributed by atoms with E-state index >= 15 is 0 Å².